The van der Waals surface area contributed by atoms with Crippen LogP contribution in [0.5, 0.6) is 0 Å². The van der Waals surface area contributed by atoms with Crippen LogP contribution in [0.4, 0.5) is 5.69 Å². The zero-order chi connectivity index (χ0) is 13.0. The van der Waals surface area contributed by atoms with Crippen LogP contribution < -0.4 is 5.32 Å². The van der Waals surface area contributed by atoms with Gasteiger partial charge in [0.05, 0.1) is 11.2 Å². The molecule has 0 saturated carbocycles. The molecule has 0 bridgehead atoms. The van der Waals surface area contributed by atoms with Crippen molar-refractivity contribution < 1.29 is 0 Å². The van der Waals surface area contributed by atoms with Gasteiger partial charge in [0.1, 0.15) is 5.52 Å². The molecule has 5 heteroatoms. The first-order valence-electron chi connectivity index (χ1n) is 5.83. The van der Waals surface area contributed by atoms with Crippen molar-refractivity contribution in [3.8, 4) is 0 Å². The first kappa shape index (κ1) is 13.6. The monoisotopic (exact) mass is 325 g/mol. The minimum Gasteiger partial charge on any atom is -0.383 e. The van der Waals surface area contributed by atoms with Gasteiger partial charge in [-0.1, -0.05) is 6.92 Å². The lowest BCUT2D eigenvalue weighted by Crippen LogP contribution is -2.13. The fraction of sp³-hybridized carbons (Fsp3) is 0.385. The number of aromatic nitrogens is 2. The smallest absolute Gasteiger partial charge is 0.112 e. The number of fused-ring (bicyclic) bond motifs is 1. The van der Waals surface area contributed by atoms with E-state index in [0.29, 0.717) is 5.92 Å². The molecule has 0 saturated heterocycles. The summed E-state index contributed by atoms with van der Waals surface area (Å²) in [5.41, 5.74) is 2.89. The predicted molar refractivity (Wildman–Crippen MR) is 83.3 cm³/mol. The third-order valence-electron chi connectivity index (χ3n) is 2.64. The van der Waals surface area contributed by atoms with E-state index in [-0.39, 0.29) is 0 Å². The molecule has 96 valence electrons. The van der Waals surface area contributed by atoms with Crippen molar-refractivity contribution >= 4 is 44.4 Å². The molecule has 2 heterocycles. The van der Waals surface area contributed by atoms with Crippen molar-refractivity contribution in [2.75, 3.05) is 23.9 Å². The molecule has 2 aromatic heterocycles. The van der Waals surface area contributed by atoms with Crippen molar-refractivity contribution in [1.29, 1.82) is 0 Å². The van der Waals surface area contributed by atoms with Crippen LogP contribution in [0.25, 0.3) is 11.0 Å². The molecule has 2 aromatic rings. The van der Waals surface area contributed by atoms with Crippen LogP contribution in [0.3, 0.4) is 0 Å². The number of nitrogens with one attached hydrogen (secondary N) is 1. The molecule has 0 radical (unpaired) electrons. The number of halogens is 1. The summed E-state index contributed by atoms with van der Waals surface area (Å²) in [7, 11) is 0. The van der Waals surface area contributed by atoms with E-state index in [1.807, 2.05) is 30.1 Å². The van der Waals surface area contributed by atoms with Crippen molar-refractivity contribution in [3.63, 3.8) is 0 Å². The molecule has 2 rings (SSSR count). The van der Waals surface area contributed by atoms with Gasteiger partial charge in [0.2, 0.25) is 0 Å². The number of hydrogen-bond acceptors (Lipinski definition) is 4. The Morgan fingerprint density at radius 3 is 3.06 bits per heavy atom. The number of rotatable bonds is 5. The standard InChI is InChI=1S/C13H16BrN3S/c1-9(8-18-2)6-16-11-3-4-15-12-5-10(14)7-17-13(11)12/h3-5,7,9H,6,8H2,1-2H3,(H,15,16). The molecule has 0 aromatic carbocycles. The van der Waals surface area contributed by atoms with Crippen molar-refractivity contribution in [2.24, 2.45) is 5.92 Å². The quantitative estimate of drug-likeness (QED) is 0.907. The maximum Gasteiger partial charge on any atom is 0.112 e. The summed E-state index contributed by atoms with van der Waals surface area (Å²) in [4.78, 5) is 8.76. The number of nitrogens with zero attached hydrogens (tertiary/aromatic N) is 2. The van der Waals surface area contributed by atoms with Gasteiger partial charge in [-0.15, -0.1) is 0 Å². The predicted octanol–water partition coefficient (Wildman–Crippen LogP) is 3.80. The van der Waals surface area contributed by atoms with Crippen molar-refractivity contribution in [2.45, 2.75) is 6.92 Å². The highest BCUT2D eigenvalue weighted by Crippen LogP contribution is 2.22. The second-order valence-corrected chi connectivity index (χ2v) is 6.15. The lowest BCUT2D eigenvalue weighted by molar-refractivity contribution is 0.702. The third-order valence-corrected chi connectivity index (χ3v) is 3.97. The largest absolute Gasteiger partial charge is 0.383 e. The van der Waals surface area contributed by atoms with E-state index in [0.717, 1.165) is 33.5 Å². The second kappa shape index (κ2) is 6.38. The van der Waals surface area contributed by atoms with Gasteiger partial charge in [0.15, 0.2) is 0 Å². The van der Waals surface area contributed by atoms with E-state index in [2.05, 4.69) is 44.4 Å². The van der Waals surface area contributed by atoms with E-state index in [1.54, 1.807) is 6.20 Å². The molecule has 0 aliphatic heterocycles. The third kappa shape index (κ3) is 3.36. The zero-order valence-electron chi connectivity index (χ0n) is 10.5. The van der Waals surface area contributed by atoms with Gasteiger partial charge in [-0.2, -0.15) is 11.8 Å². The Hall–Kier alpha value is -0.810. The maximum absolute atomic E-state index is 4.43. The zero-order valence-corrected chi connectivity index (χ0v) is 12.9. The Labute approximate surface area is 120 Å². The Kier molecular flexibility index (Phi) is 4.83. The van der Waals surface area contributed by atoms with E-state index in [4.69, 9.17) is 0 Å². The molecule has 1 unspecified atom stereocenters. The molecule has 1 atom stereocenters. The molecular formula is C13H16BrN3S. The van der Waals surface area contributed by atoms with E-state index in [1.165, 1.54) is 0 Å². The highest BCUT2D eigenvalue weighted by molar-refractivity contribution is 9.10. The van der Waals surface area contributed by atoms with E-state index >= 15 is 0 Å². The highest BCUT2D eigenvalue weighted by Gasteiger charge is 2.06. The Balaban J connectivity index is 2.18. The number of pyridine rings is 2. The topological polar surface area (TPSA) is 37.8 Å². The summed E-state index contributed by atoms with van der Waals surface area (Å²) in [5, 5.41) is 3.46. The van der Waals surface area contributed by atoms with Gasteiger partial charge >= 0.3 is 0 Å². The summed E-state index contributed by atoms with van der Waals surface area (Å²) in [6.07, 6.45) is 5.76. The average Bonchev–Trinajstić information content (AvgIpc) is 2.36. The Morgan fingerprint density at radius 2 is 2.28 bits per heavy atom. The SMILES string of the molecule is CSCC(C)CNc1ccnc2cc(Br)cnc12. The van der Waals surface area contributed by atoms with Gasteiger partial charge in [-0.3, -0.25) is 9.97 Å². The highest BCUT2D eigenvalue weighted by atomic mass is 79.9. The van der Waals surface area contributed by atoms with Gasteiger partial charge in [-0.25, -0.2) is 0 Å². The maximum atomic E-state index is 4.43. The molecule has 0 aliphatic rings. The number of anilines is 1. The minimum atomic E-state index is 0.638. The average molecular weight is 326 g/mol. The summed E-state index contributed by atoms with van der Waals surface area (Å²) in [6, 6.07) is 3.97. The molecular weight excluding hydrogens is 310 g/mol. The van der Waals surface area contributed by atoms with Crippen molar-refractivity contribution in [3.05, 3.63) is 29.0 Å². The Bertz CT molecular complexity index is 533. The molecule has 0 fully saturated rings. The lowest BCUT2D eigenvalue weighted by Gasteiger charge is -2.13. The molecule has 3 nitrogen and oxygen atoms in total. The fourth-order valence-corrected chi connectivity index (χ4v) is 2.78. The molecule has 0 aliphatic carbocycles. The second-order valence-electron chi connectivity index (χ2n) is 4.32. The van der Waals surface area contributed by atoms with Crippen LogP contribution >= 0.6 is 27.7 Å². The summed E-state index contributed by atoms with van der Waals surface area (Å²) < 4.78 is 0.954. The number of thioether (sulfide) groups is 1. The summed E-state index contributed by atoms with van der Waals surface area (Å²) in [6.45, 7) is 3.20. The summed E-state index contributed by atoms with van der Waals surface area (Å²) in [5.74, 6) is 1.80. The molecule has 0 spiro atoms. The van der Waals surface area contributed by atoms with Gasteiger partial charge in [0.25, 0.3) is 0 Å². The Morgan fingerprint density at radius 1 is 1.44 bits per heavy atom. The van der Waals surface area contributed by atoms with Gasteiger partial charge in [0, 0.05) is 23.4 Å². The van der Waals surface area contributed by atoms with Crippen LogP contribution in [0.1, 0.15) is 6.92 Å². The minimum absolute atomic E-state index is 0.638. The van der Waals surface area contributed by atoms with Crippen LogP contribution in [0.2, 0.25) is 0 Å². The van der Waals surface area contributed by atoms with Gasteiger partial charge in [-0.05, 0) is 46.0 Å². The molecule has 1 N–H and O–H groups in total. The van der Waals surface area contributed by atoms with Crippen molar-refractivity contribution in [1.82, 2.24) is 9.97 Å². The van der Waals surface area contributed by atoms with Gasteiger partial charge < -0.3 is 5.32 Å². The normalized spacial score (nSPS) is 12.6. The van der Waals surface area contributed by atoms with Crippen LogP contribution in [-0.4, -0.2) is 28.5 Å². The van der Waals surface area contributed by atoms with Crippen LogP contribution in [0.15, 0.2) is 29.0 Å². The summed E-state index contributed by atoms with van der Waals surface area (Å²) >= 11 is 5.29. The van der Waals surface area contributed by atoms with Crippen LogP contribution in [-0.2, 0) is 0 Å². The first-order chi connectivity index (χ1) is 8.70. The molecule has 0 amide bonds. The first-order valence-corrected chi connectivity index (χ1v) is 8.02. The molecule has 18 heavy (non-hydrogen) atoms. The van der Waals surface area contributed by atoms with Crippen LogP contribution in [0, 0.1) is 5.92 Å². The van der Waals surface area contributed by atoms with E-state index in [9.17, 15) is 0 Å². The number of hydrogen-bond donors (Lipinski definition) is 1. The fourth-order valence-electron chi connectivity index (χ4n) is 1.78. The van der Waals surface area contributed by atoms with E-state index < -0.39 is 0 Å². The lowest BCUT2D eigenvalue weighted by atomic mass is 10.2.